The van der Waals surface area contributed by atoms with E-state index in [0.29, 0.717) is 5.41 Å². The average molecular weight is 217 g/mol. The minimum absolute atomic E-state index is 0.374. The lowest BCUT2D eigenvalue weighted by Gasteiger charge is -2.27. The number of hydrogen-bond acceptors (Lipinski definition) is 1. The van der Waals surface area contributed by atoms with E-state index < -0.39 is 0 Å². The van der Waals surface area contributed by atoms with Crippen LogP contribution in [0.4, 0.5) is 0 Å². The van der Waals surface area contributed by atoms with E-state index in [9.17, 15) is 0 Å². The van der Waals surface area contributed by atoms with Gasteiger partial charge in [-0.2, -0.15) is 0 Å². The lowest BCUT2D eigenvalue weighted by Crippen LogP contribution is -2.31. The number of benzene rings is 1. The zero-order valence-electron chi connectivity index (χ0n) is 10.3. The van der Waals surface area contributed by atoms with Crippen LogP contribution < -0.4 is 5.73 Å². The summed E-state index contributed by atoms with van der Waals surface area (Å²) >= 11 is 0. The van der Waals surface area contributed by atoms with Crippen molar-refractivity contribution in [2.75, 3.05) is 6.54 Å². The Hall–Kier alpha value is -0.820. The molecule has 0 atom stereocenters. The van der Waals surface area contributed by atoms with Crippen LogP contribution in [0.25, 0.3) is 0 Å². The van der Waals surface area contributed by atoms with Crippen LogP contribution in [0.5, 0.6) is 0 Å². The first-order chi connectivity index (χ1) is 7.79. The van der Waals surface area contributed by atoms with Crippen molar-refractivity contribution in [3.8, 4) is 0 Å². The van der Waals surface area contributed by atoms with Crippen molar-refractivity contribution in [1.29, 1.82) is 0 Å². The SMILES string of the molecule is CCCCCC1(CN)Cc2ccccc2C1. The van der Waals surface area contributed by atoms with Crippen LogP contribution in [0.1, 0.15) is 43.7 Å². The topological polar surface area (TPSA) is 26.0 Å². The summed E-state index contributed by atoms with van der Waals surface area (Å²) < 4.78 is 0. The Morgan fingerprint density at radius 1 is 1.12 bits per heavy atom. The van der Waals surface area contributed by atoms with Gasteiger partial charge in [0.1, 0.15) is 0 Å². The summed E-state index contributed by atoms with van der Waals surface area (Å²) in [5.41, 5.74) is 9.47. The minimum atomic E-state index is 0.374. The quantitative estimate of drug-likeness (QED) is 0.752. The van der Waals surface area contributed by atoms with Crippen LogP contribution in [0.2, 0.25) is 0 Å². The van der Waals surface area contributed by atoms with Gasteiger partial charge >= 0.3 is 0 Å². The zero-order chi connectivity index (χ0) is 11.4. The van der Waals surface area contributed by atoms with Crippen LogP contribution in [0.3, 0.4) is 0 Å². The fraction of sp³-hybridized carbons (Fsp3) is 0.600. The molecule has 1 heteroatoms. The molecule has 1 aromatic carbocycles. The maximum absolute atomic E-state index is 6.03. The highest BCUT2D eigenvalue weighted by Gasteiger charge is 2.34. The maximum Gasteiger partial charge on any atom is -0.00141 e. The van der Waals surface area contributed by atoms with Gasteiger partial charge in [0, 0.05) is 0 Å². The molecule has 2 N–H and O–H groups in total. The minimum Gasteiger partial charge on any atom is -0.330 e. The Labute approximate surface area is 99.0 Å². The van der Waals surface area contributed by atoms with Gasteiger partial charge in [0.25, 0.3) is 0 Å². The van der Waals surface area contributed by atoms with Crippen molar-refractivity contribution >= 4 is 0 Å². The number of fused-ring (bicyclic) bond motifs is 1. The molecule has 1 aliphatic rings. The molecule has 0 aromatic heterocycles. The Morgan fingerprint density at radius 3 is 2.25 bits per heavy atom. The third-order valence-electron chi connectivity index (χ3n) is 3.99. The summed E-state index contributed by atoms with van der Waals surface area (Å²) in [5, 5.41) is 0. The Morgan fingerprint density at radius 2 is 1.75 bits per heavy atom. The molecule has 0 aliphatic heterocycles. The van der Waals surface area contributed by atoms with Crippen molar-refractivity contribution in [1.82, 2.24) is 0 Å². The summed E-state index contributed by atoms with van der Waals surface area (Å²) in [6.07, 6.45) is 7.67. The molecule has 0 saturated carbocycles. The van der Waals surface area contributed by atoms with Crippen LogP contribution in [0.15, 0.2) is 24.3 Å². The molecule has 0 amide bonds. The van der Waals surface area contributed by atoms with Crippen molar-refractivity contribution in [3.63, 3.8) is 0 Å². The molecule has 0 unspecified atom stereocenters. The van der Waals surface area contributed by atoms with Crippen molar-refractivity contribution in [2.24, 2.45) is 11.1 Å². The van der Waals surface area contributed by atoms with Gasteiger partial charge < -0.3 is 5.73 Å². The molecule has 0 bridgehead atoms. The van der Waals surface area contributed by atoms with Crippen molar-refractivity contribution in [2.45, 2.75) is 45.4 Å². The van der Waals surface area contributed by atoms with Gasteiger partial charge in [0.15, 0.2) is 0 Å². The van der Waals surface area contributed by atoms with Crippen LogP contribution >= 0.6 is 0 Å². The van der Waals surface area contributed by atoms with E-state index in [1.165, 1.54) is 49.7 Å². The van der Waals surface area contributed by atoms with Gasteiger partial charge in [-0.3, -0.25) is 0 Å². The fourth-order valence-electron chi connectivity index (χ4n) is 2.95. The van der Waals surface area contributed by atoms with Gasteiger partial charge in [0.2, 0.25) is 0 Å². The van der Waals surface area contributed by atoms with E-state index in [2.05, 4.69) is 31.2 Å². The third-order valence-corrected chi connectivity index (χ3v) is 3.99. The summed E-state index contributed by atoms with van der Waals surface area (Å²) in [6.45, 7) is 3.10. The highest BCUT2D eigenvalue weighted by molar-refractivity contribution is 5.34. The number of unbranched alkanes of at least 4 members (excludes halogenated alkanes) is 2. The monoisotopic (exact) mass is 217 g/mol. The van der Waals surface area contributed by atoms with Crippen LogP contribution in [-0.2, 0) is 12.8 Å². The molecule has 1 nitrogen and oxygen atoms in total. The van der Waals surface area contributed by atoms with E-state index in [0.717, 1.165) is 6.54 Å². The Bertz CT molecular complexity index is 318. The predicted molar refractivity (Wildman–Crippen MR) is 69.5 cm³/mol. The Balaban J connectivity index is 2.04. The van der Waals surface area contributed by atoms with Gasteiger partial charge in [-0.1, -0.05) is 50.5 Å². The standard InChI is InChI=1S/C15H23N/c1-2-3-6-9-15(12-16)10-13-7-4-5-8-14(13)11-15/h4-5,7-8H,2-3,6,9-12,16H2,1H3. The summed E-state index contributed by atoms with van der Waals surface area (Å²) in [5.74, 6) is 0. The van der Waals surface area contributed by atoms with Gasteiger partial charge in [-0.15, -0.1) is 0 Å². The highest BCUT2D eigenvalue weighted by atomic mass is 14.6. The second-order valence-corrected chi connectivity index (χ2v) is 5.28. The maximum atomic E-state index is 6.03. The number of hydrogen-bond donors (Lipinski definition) is 1. The Kier molecular flexibility index (Phi) is 3.65. The van der Waals surface area contributed by atoms with Crippen molar-refractivity contribution in [3.05, 3.63) is 35.4 Å². The largest absolute Gasteiger partial charge is 0.330 e. The lowest BCUT2D eigenvalue weighted by molar-refractivity contribution is 0.279. The zero-order valence-corrected chi connectivity index (χ0v) is 10.3. The molecule has 16 heavy (non-hydrogen) atoms. The first kappa shape index (κ1) is 11.7. The molecular weight excluding hydrogens is 194 g/mol. The van der Waals surface area contributed by atoms with E-state index in [4.69, 9.17) is 5.73 Å². The smallest absolute Gasteiger partial charge is 0.00141 e. The molecule has 0 radical (unpaired) electrons. The van der Waals surface area contributed by atoms with E-state index in [-0.39, 0.29) is 0 Å². The molecule has 0 saturated heterocycles. The van der Waals surface area contributed by atoms with Gasteiger partial charge in [-0.05, 0) is 42.3 Å². The second kappa shape index (κ2) is 5.01. The van der Waals surface area contributed by atoms with E-state index in [1.54, 1.807) is 0 Å². The molecule has 88 valence electrons. The van der Waals surface area contributed by atoms with Crippen LogP contribution in [0, 0.1) is 5.41 Å². The molecule has 0 heterocycles. The molecule has 1 aromatic rings. The fourth-order valence-corrected chi connectivity index (χ4v) is 2.95. The van der Waals surface area contributed by atoms with E-state index in [1.807, 2.05) is 0 Å². The predicted octanol–water partition coefficient (Wildman–Crippen LogP) is 3.31. The normalized spacial score (nSPS) is 17.4. The van der Waals surface area contributed by atoms with Crippen molar-refractivity contribution < 1.29 is 0 Å². The number of rotatable bonds is 5. The first-order valence-corrected chi connectivity index (χ1v) is 6.56. The molecular formula is C15H23N. The van der Waals surface area contributed by atoms with E-state index >= 15 is 0 Å². The molecule has 0 spiro atoms. The van der Waals surface area contributed by atoms with Crippen LogP contribution in [-0.4, -0.2) is 6.54 Å². The van der Waals surface area contributed by atoms with Gasteiger partial charge in [-0.25, -0.2) is 0 Å². The third kappa shape index (κ3) is 2.30. The average Bonchev–Trinajstić information content (AvgIpc) is 2.68. The molecule has 1 aliphatic carbocycles. The molecule has 2 rings (SSSR count). The second-order valence-electron chi connectivity index (χ2n) is 5.28. The lowest BCUT2D eigenvalue weighted by atomic mass is 9.80. The summed E-state index contributed by atoms with van der Waals surface area (Å²) in [7, 11) is 0. The summed E-state index contributed by atoms with van der Waals surface area (Å²) in [4.78, 5) is 0. The number of nitrogens with two attached hydrogens (primary N) is 1. The first-order valence-electron chi connectivity index (χ1n) is 6.56. The highest BCUT2D eigenvalue weighted by Crippen LogP contribution is 2.40. The molecule has 0 fully saturated rings. The van der Waals surface area contributed by atoms with Gasteiger partial charge in [0.05, 0.1) is 0 Å². The summed E-state index contributed by atoms with van der Waals surface area (Å²) in [6, 6.07) is 8.84.